The summed E-state index contributed by atoms with van der Waals surface area (Å²) in [4.78, 5) is 23.0. The molecule has 0 aliphatic heterocycles. The molecular weight excluding hydrogens is 300 g/mol. The number of nitro groups is 1. The van der Waals surface area contributed by atoms with Gasteiger partial charge in [0.1, 0.15) is 18.2 Å². The molecule has 1 aliphatic rings. The van der Waals surface area contributed by atoms with Crippen molar-refractivity contribution < 1.29 is 4.92 Å². The number of pyridine rings is 1. The zero-order valence-electron chi connectivity index (χ0n) is 12.0. The Labute approximate surface area is 132 Å². The van der Waals surface area contributed by atoms with Gasteiger partial charge in [-0.05, 0) is 37.8 Å². The molecule has 0 radical (unpaired) electrons. The van der Waals surface area contributed by atoms with Gasteiger partial charge in [0.15, 0.2) is 0 Å². The molecule has 2 aromatic rings. The minimum atomic E-state index is -0.385. The summed E-state index contributed by atoms with van der Waals surface area (Å²) in [5.74, 6) is 0.156. The molecule has 0 aromatic carbocycles. The quantitative estimate of drug-likeness (QED) is 0.633. The van der Waals surface area contributed by atoms with Gasteiger partial charge in [-0.25, -0.2) is 15.0 Å². The van der Waals surface area contributed by atoms with Crippen molar-refractivity contribution in [3.05, 3.63) is 52.7 Å². The molecule has 0 amide bonds. The first-order valence-electron chi connectivity index (χ1n) is 7.26. The van der Waals surface area contributed by atoms with Gasteiger partial charge in [-0.3, -0.25) is 10.1 Å². The van der Waals surface area contributed by atoms with E-state index in [-0.39, 0.29) is 16.5 Å². The molecule has 1 saturated carbocycles. The van der Waals surface area contributed by atoms with Crippen molar-refractivity contribution >= 4 is 17.4 Å². The second-order valence-electron chi connectivity index (χ2n) is 5.31. The molecule has 0 atom stereocenters. The summed E-state index contributed by atoms with van der Waals surface area (Å²) in [7, 11) is 0. The third-order valence-electron chi connectivity index (χ3n) is 3.91. The molecule has 2 aromatic heterocycles. The summed E-state index contributed by atoms with van der Waals surface area (Å²) in [5, 5.41) is 12.6. The lowest BCUT2D eigenvalue weighted by Crippen LogP contribution is -2.17. The molecule has 2 heterocycles. The first-order valence-corrected chi connectivity index (χ1v) is 8.14. The highest BCUT2D eigenvalue weighted by molar-refractivity contribution is 7.99. The van der Waals surface area contributed by atoms with Crippen LogP contribution in [0, 0.1) is 10.1 Å². The Morgan fingerprint density at radius 2 is 2.00 bits per heavy atom. The van der Waals surface area contributed by atoms with Crippen LogP contribution >= 0.6 is 11.8 Å². The third kappa shape index (κ3) is 3.41. The number of hydrogen-bond acceptors (Lipinski definition) is 6. The molecule has 6 nitrogen and oxygen atoms in total. The second-order valence-corrected chi connectivity index (χ2v) is 6.63. The van der Waals surface area contributed by atoms with Gasteiger partial charge in [-0.2, -0.15) is 0 Å². The van der Waals surface area contributed by atoms with Crippen molar-refractivity contribution in [2.24, 2.45) is 0 Å². The molecule has 0 saturated heterocycles. The van der Waals surface area contributed by atoms with Gasteiger partial charge >= 0.3 is 5.69 Å². The standard InChI is InChI=1S/C15H16N4O2S/c20-19(21)13-9-16-10-18-15(13)11-4-6-12(7-5-11)22-14-3-1-2-8-17-14/h1-3,8-12H,4-7H2. The Kier molecular flexibility index (Phi) is 4.62. The molecule has 3 rings (SSSR count). The average Bonchev–Trinajstić information content (AvgIpc) is 2.56. The molecule has 7 heteroatoms. The number of hydrogen-bond donors (Lipinski definition) is 0. The Hall–Kier alpha value is -2.02. The summed E-state index contributed by atoms with van der Waals surface area (Å²) in [6.45, 7) is 0. The van der Waals surface area contributed by atoms with E-state index >= 15 is 0 Å². The highest BCUT2D eigenvalue weighted by Crippen LogP contribution is 2.40. The first-order chi connectivity index (χ1) is 10.7. The maximum absolute atomic E-state index is 11.1. The highest BCUT2D eigenvalue weighted by Gasteiger charge is 2.29. The second kappa shape index (κ2) is 6.83. The zero-order valence-corrected chi connectivity index (χ0v) is 12.8. The Bertz CT molecular complexity index is 645. The summed E-state index contributed by atoms with van der Waals surface area (Å²) >= 11 is 1.79. The highest BCUT2D eigenvalue weighted by atomic mass is 32.2. The summed E-state index contributed by atoms with van der Waals surface area (Å²) in [6, 6.07) is 5.92. The van der Waals surface area contributed by atoms with Crippen molar-refractivity contribution in [3.8, 4) is 0 Å². The summed E-state index contributed by atoms with van der Waals surface area (Å²) < 4.78 is 0. The van der Waals surface area contributed by atoms with E-state index in [1.165, 1.54) is 12.5 Å². The number of nitrogens with zero attached hydrogens (tertiary/aromatic N) is 4. The fourth-order valence-corrected chi connectivity index (χ4v) is 3.96. The van der Waals surface area contributed by atoms with Gasteiger partial charge in [-0.15, -0.1) is 11.8 Å². The number of aromatic nitrogens is 3. The number of rotatable bonds is 4. The van der Waals surface area contributed by atoms with E-state index in [2.05, 4.69) is 15.0 Å². The van der Waals surface area contributed by atoms with Crippen molar-refractivity contribution in [1.82, 2.24) is 15.0 Å². The molecular formula is C15H16N4O2S. The Morgan fingerprint density at radius 3 is 2.68 bits per heavy atom. The molecule has 0 bridgehead atoms. The molecule has 114 valence electrons. The van der Waals surface area contributed by atoms with Crippen LogP contribution in [0.4, 0.5) is 5.69 Å². The van der Waals surface area contributed by atoms with E-state index in [9.17, 15) is 10.1 Å². The van der Waals surface area contributed by atoms with Gasteiger partial charge in [-0.1, -0.05) is 6.07 Å². The maximum atomic E-state index is 11.1. The van der Waals surface area contributed by atoms with Gasteiger partial charge in [0, 0.05) is 17.4 Å². The normalized spacial score (nSPS) is 21.5. The summed E-state index contributed by atoms with van der Waals surface area (Å²) in [6.07, 6.45) is 8.39. The van der Waals surface area contributed by atoms with Crippen molar-refractivity contribution in [2.45, 2.75) is 41.9 Å². The Morgan fingerprint density at radius 1 is 1.18 bits per heavy atom. The van der Waals surface area contributed by atoms with Gasteiger partial charge < -0.3 is 0 Å². The van der Waals surface area contributed by atoms with E-state index in [0.29, 0.717) is 10.9 Å². The van der Waals surface area contributed by atoms with Crippen LogP contribution in [0.5, 0.6) is 0 Å². The van der Waals surface area contributed by atoms with Crippen molar-refractivity contribution in [1.29, 1.82) is 0 Å². The van der Waals surface area contributed by atoms with Gasteiger partial charge in [0.2, 0.25) is 0 Å². The molecule has 0 unspecified atom stereocenters. The van der Waals surface area contributed by atoms with Crippen LogP contribution in [-0.4, -0.2) is 25.1 Å². The predicted octanol–water partition coefficient (Wildman–Crippen LogP) is 3.60. The molecule has 22 heavy (non-hydrogen) atoms. The van der Waals surface area contributed by atoms with E-state index < -0.39 is 0 Å². The van der Waals surface area contributed by atoms with E-state index in [1.807, 2.05) is 18.2 Å². The van der Waals surface area contributed by atoms with Crippen molar-refractivity contribution in [3.63, 3.8) is 0 Å². The smallest absolute Gasteiger partial charge is 0.258 e. The van der Waals surface area contributed by atoms with Crippen LogP contribution in [-0.2, 0) is 0 Å². The van der Waals surface area contributed by atoms with Crippen LogP contribution in [0.25, 0.3) is 0 Å². The van der Waals surface area contributed by atoms with E-state index in [4.69, 9.17) is 0 Å². The summed E-state index contributed by atoms with van der Waals surface area (Å²) in [5.41, 5.74) is 0.629. The Balaban J connectivity index is 1.64. The predicted molar refractivity (Wildman–Crippen MR) is 83.8 cm³/mol. The van der Waals surface area contributed by atoms with Crippen LogP contribution < -0.4 is 0 Å². The largest absolute Gasteiger partial charge is 0.309 e. The monoisotopic (exact) mass is 316 g/mol. The van der Waals surface area contributed by atoms with Crippen LogP contribution in [0.3, 0.4) is 0 Å². The molecule has 1 aliphatic carbocycles. The van der Waals surface area contributed by atoms with E-state index in [0.717, 1.165) is 30.7 Å². The SMILES string of the molecule is O=[N+]([O-])c1cncnc1C1CCC(Sc2ccccn2)CC1. The van der Waals surface area contributed by atoms with Crippen LogP contribution in [0.2, 0.25) is 0 Å². The average molecular weight is 316 g/mol. The maximum Gasteiger partial charge on any atom is 0.309 e. The van der Waals surface area contributed by atoms with Crippen LogP contribution in [0.15, 0.2) is 41.9 Å². The van der Waals surface area contributed by atoms with Crippen molar-refractivity contribution in [2.75, 3.05) is 0 Å². The van der Waals surface area contributed by atoms with Crippen LogP contribution in [0.1, 0.15) is 37.3 Å². The lowest BCUT2D eigenvalue weighted by Gasteiger charge is -2.27. The zero-order chi connectivity index (χ0) is 15.4. The molecule has 0 N–H and O–H groups in total. The van der Waals surface area contributed by atoms with E-state index in [1.54, 1.807) is 18.0 Å². The fourth-order valence-electron chi connectivity index (χ4n) is 2.83. The third-order valence-corrected chi connectivity index (χ3v) is 5.19. The topological polar surface area (TPSA) is 81.8 Å². The lowest BCUT2D eigenvalue weighted by atomic mass is 9.86. The first kappa shape index (κ1) is 14.9. The number of thioether (sulfide) groups is 1. The van der Waals surface area contributed by atoms with Gasteiger partial charge in [0.05, 0.1) is 9.95 Å². The minimum Gasteiger partial charge on any atom is -0.258 e. The molecule has 0 spiro atoms. The minimum absolute atomic E-state index is 0.0447. The lowest BCUT2D eigenvalue weighted by molar-refractivity contribution is -0.386. The van der Waals surface area contributed by atoms with Gasteiger partial charge in [0.25, 0.3) is 0 Å². The molecule has 1 fully saturated rings. The fraction of sp³-hybridized carbons (Fsp3) is 0.400.